The molecule has 1 saturated heterocycles. The molecule has 2 atom stereocenters. The average Bonchev–Trinajstić information content (AvgIpc) is 2.71. The van der Waals surface area contributed by atoms with Gasteiger partial charge >= 0.3 is 6.09 Å². The molecule has 2 heterocycles. The molecule has 5 nitrogen and oxygen atoms in total. The highest BCUT2D eigenvalue weighted by atomic mass is 16.5. The second-order valence-electron chi connectivity index (χ2n) is 6.44. The number of aryl methyl sites for hydroxylation is 1. The highest BCUT2D eigenvalue weighted by Crippen LogP contribution is 2.37. The second-order valence-corrected chi connectivity index (χ2v) is 6.44. The molecule has 0 bridgehead atoms. The second kappa shape index (κ2) is 7.19. The summed E-state index contributed by atoms with van der Waals surface area (Å²) < 4.78 is 10.9. The number of nitrogens with zero attached hydrogens (tertiary/aromatic N) is 2. The minimum Gasteiger partial charge on any atom is -0.453 e. The lowest BCUT2D eigenvalue weighted by atomic mass is 9.86. The van der Waals surface area contributed by atoms with Crippen LogP contribution in [-0.2, 0) is 15.9 Å². The molecule has 1 aromatic carbocycles. The van der Waals surface area contributed by atoms with E-state index in [2.05, 4.69) is 22.9 Å². The van der Waals surface area contributed by atoms with Gasteiger partial charge in [0.2, 0.25) is 0 Å². The van der Waals surface area contributed by atoms with Gasteiger partial charge in [0.1, 0.15) is 6.10 Å². The number of rotatable bonds is 0. The first-order valence-electron chi connectivity index (χ1n) is 8.78. The van der Waals surface area contributed by atoms with E-state index in [1.54, 1.807) is 4.90 Å². The normalized spacial score (nSPS) is 21.0. The molecule has 1 aromatic heterocycles. The number of morpholine rings is 1. The lowest BCUT2D eigenvalue weighted by Crippen LogP contribution is -2.51. The van der Waals surface area contributed by atoms with Gasteiger partial charge in [-0.15, -0.1) is 0 Å². The van der Waals surface area contributed by atoms with E-state index in [0.717, 1.165) is 35.2 Å². The summed E-state index contributed by atoms with van der Waals surface area (Å²) in [4.78, 5) is 18.4. The van der Waals surface area contributed by atoms with Crippen LogP contribution in [0, 0.1) is 11.8 Å². The fourth-order valence-electron chi connectivity index (χ4n) is 3.65. The van der Waals surface area contributed by atoms with E-state index in [0.29, 0.717) is 13.2 Å². The zero-order valence-corrected chi connectivity index (χ0v) is 14.6. The Labute approximate surface area is 152 Å². The molecular formula is C21H20N2O3. The maximum absolute atomic E-state index is 12.1. The molecule has 0 N–H and O–H groups in total. The van der Waals surface area contributed by atoms with Crippen molar-refractivity contribution in [1.29, 1.82) is 0 Å². The van der Waals surface area contributed by atoms with Crippen LogP contribution in [0.25, 0.3) is 0 Å². The van der Waals surface area contributed by atoms with Crippen LogP contribution in [0.5, 0.6) is 0 Å². The highest BCUT2D eigenvalue weighted by Gasteiger charge is 2.40. The summed E-state index contributed by atoms with van der Waals surface area (Å²) in [6.45, 7) is 1.06. The van der Waals surface area contributed by atoms with Gasteiger partial charge in [-0.1, -0.05) is 30.0 Å². The minimum absolute atomic E-state index is 0.0113. The van der Waals surface area contributed by atoms with Crippen LogP contribution in [0.1, 0.15) is 34.9 Å². The predicted octanol–water partition coefficient (Wildman–Crippen LogP) is 2.94. The van der Waals surface area contributed by atoms with Crippen LogP contribution in [0.2, 0.25) is 0 Å². The van der Waals surface area contributed by atoms with Gasteiger partial charge in [-0.3, -0.25) is 9.88 Å². The number of amides is 1. The molecule has 1 fully saturated rings. The quantitative estimate of drug-likeness (QED) is 0.687. The lowest BCUT2D eigenvalue weighted by Gasteiger charge is -2.43. The number of carbonyl (C=O) groups is 1. The van der Waals surface area contributed by atoms with Crippen LogP contribution in [-0.4, -0.2) is 42.3 Å². The molecule has 132 valence electrons. The zero-order chi connectivity index (χ0) is 17.9. The zero-order valence-electron chi connectivity index (χ0n) is 14.6. The fourth-order valence-corrected chi connectivity index (χ4v) is 3.65. The van der Waals surface area contributed by atoms with E-state index in [4.69, 9.17) is 9.47 Å². The van der Waals surface area contributed by atoms with Gasteiger partial charge in [0, 0.05) is 35.1 Å². The van der Waals surface area contributed by atoms with Gasteiger partial charge in [0.15, 0.2) is 0 Å². The third-order valence-corrected chi connectivity index (χ3v) is 4.90. The molecule has 2 aliphatic rings. The monoisotopic (exact) mass is 348 g/mol. The van der Waals surface area contributed by atoms with Crippen LogP contribution >= 0.6 is 0 Å². The first-order valence-corrected chi connectivity index (χ1v) is 8.78. The Bertz CT molecular complexity index is 870. The summed E-state index contributed by atoms with van der Waals surface area (Å²) in [5.41, 5.74) is 3.89. The topological polar surface area (TPSA) is 51.7 Å². The first kappa shape index (κ1) is 16.6. The lowest BCUT2D eigenvalue weighted by molar-refractivity contribution is -0.0723. The number of benzene rings is 1. The van der Waals surface area contributed by atoms with Crippen molar-refractivity contribution in [1.82, 2.24) is 9.88 Å². The molecule has 0 radical (unpaired) electrons. The summed E-state index contributed by atoms with van der Waals surface area (Å²) in [5, 5.41) is 0. The summed E-state index contributed by atoms with van der Waals surface area (Å²) >= 11 is 0. The first-order chi connectivity index (χ1) is 12.8. The van der Waals surface area contributed by atoms with Gasteiger partial charge < -0.3 is 9.47 Å². The van der Waals surface area contributed by atoms with Crippen molar-refractivity contribution in [2.24, 2.45) is 0 Å². The molecule has 0 unspecified atom stereocenters. The standard InChI is InChI=1S/C21H20N2O3/c1-25-21(24)23-11-12-26-20-17-13-16(8-7-15-5-3-2-4-6-15)14-22-18(17)9-10-19(20)23/h2-6,13-14,19-20H,9-12H2,1H3/t19-,20+/m1/s1. The van der Waals surface area contributed by atoms with Crippen molar-refractivity contribution in [3.05, 3.63) is 65.0 Å². The molecule has 0 saturated carbocycles. The average molecular weight is 348 g/mol. The van der Waals surface area contributed by atoms with Gasteiger partial charge in [-0.25, -0.2) is 4.79 Å². The van der Waals surface area contributed by atoms with E-state index >= 15 is 0 Å². The van der Waals surface area contributed by atoms with E-state index in [1.807, 2.05) is 36.5 Å². The van der Waals surface area contributed by atoms with Gasteiger partial charge in [-0.05, 0) is 31.0 Å². The smallest absolute Gasteiger partial charge is 0.409 e. The van der Waals surface area contributed by atoms with Crippen LogP contribution in [0.3, 0.4) is 0 Å². The molecule has 4 rings (SSSR count). The van der Waals surface area contributed by atoms with Crippen molar-refractivity contribution in [2.45, 2.75) is 25.0 Å². The number of hydrogen-bond acceptors (Lipinski definition) is 4. The SMILES string of the molecule is COC(=O)N1CCO[C@H]2c3cc(C#Cc4ccccc4)cnc3CC[C@H]21. The van der Waals surface area contributed by atoms with E-state index < -0.39 is 0 Å². The number of methoxy groups -OCH3 is 1. The summed E-state index contributed by atoms with van der Waals surface area (Å²) in [7, 11) is 1.42. The van der Waals surface area contributed by atoms with Crippen molar-refractivity contribution in [3.63, 3.8) is 0 Å². The van der Waals surface area contributed by atoms with Crippen LogP contribution in [0.15, 0.2) is 42.6 Å². The van der Waals surface area contributed by atoms with Gasteiger partial charge in [0.05, 0.1) is 19.8 Å². The molecule has 2 aromatic rings. The predicted molar refractivity (Wildman–Crippen MR) is 96.6 cm³/mol. The molecule has 26 heavy (non-hydrogen) atoms. The number of aromatic nitrogens is 1. The molecule has 1 aliphatic heterocycles. The Hall–Kier alpha value is -2.84. The Balaban J connectivity index is 1.63. The van der Waals surface area contributed by atoms with E-state index in [9.17, 15) is 4.79 Å². The summed E-state index contributed by atoms with van der Waals surface area (Å²) in [6.07, 6.45) is 3.00. The Kier molecular flexibility index (Phi) is 4.59. The molecule has 1 aliphatic carbocycles. The highest BCUT2D eigenvalue weighted by molar-refractivity contribution is 5.68. The van der Waals surface area contributed by atoms with Crippen molar-refractivity contribution >= 4 is 6.09 Å². The number of carbonyl (C=O) groups excluding carboxylic acids is 1. The Morgan fingerprint density at radius 2 is 2.08 bits per heavy atom. The number of pyridine rings is 1. The van der Waals surface area contributed by atoms with Crippen LogP contribution < -0.4 is 0 Å². The molecule has 1 amide bonds. The number of hydrogen-bond donors (Lipinski definition) is 0. The van der Waals surface area contributed by atoms with Crippen molar-refractivity contribution in [2.75, 3.05) is 20.3 Å². The summed E-state index contributed by atoms with van der Waals surface area (Å²) in [5.74, 6) is 6.34. The molecule has 0 spiro atoms. The van der Waals surface area contributed by atoms with E-state index in [1.165, 1.54) is 7.11 Å². The van der Waals surface area contributed by atoms with Crippen molar-refractivity contribution in [3.8, 4) is 11.8 Å². The number of ether oxygens (including phenoxy) is 2. The van der Waals surface area contributed by atoms with Gasteiger partial charge in [0.25, 0.3) is 0 Å². The third-order valence-electron chi connectivity index (χ3n) is 4.90. The Morgan fingerprint density at radius 3 is 2.88 bits per heavy atom. The van der Waals surface area contributed by atoms with Crippen LogP contribution in [0.4, 0.5) is 4.79 Å². The maximum Gasteiger partial charge on any atom is 0.409 e. The Morgan fingerprint density at radius 1 is 1.27 bits per heavy atom. The number of fused-ring (bicyclic) bond motifs is 3. The molecule has 5 heteroatoms. The van der Waals surface area contributed by atoms with Crippen molar-refractivity contribution < 1.29 is 14.3 Å². The minimum atomic E-state index is -0.292. The summed E-state index contributed by atoms with van der Waals surface area (Å²) in [6, 6.07) is 11.9. The maximum atomic E-state index is 12.1. The van der Waals surface area contributed by atoms with E-state index in [-0.39, 0.29) is 18.2 Å². The third kappa shape index (κ3) is 3.16. The fraction of sp³-hybridized carbons (Fsp3) is 0.333. The molecular weight excluding hydrogens is 328 g/mol. The largest absolute Gasteiger partial charge is 0.453 e. The van der Waals surface area contributed by atoms with Gasteiger partial charge in [-0.2, -0.15) is 0 Å².